The van der Waals surface area contributed by atoms with Gasteiger partial charge in [-0.15, -0.1) is 0 Å². The van der Waals surface area contributed by atoms with Crippen molar-refractivity contribution in [1.82, 2.24) is 0 Å². The Morgan fingerprint density at radius 2 is 1.50 bits per heavy atom. The van der Waals surface area contributed by atoms with Crippen molar-refractivity contribution >= 4 is 0 Å². The van der Waals surface area contributed by atoms with E-state index in [2.05, 4.69) is 0 Å². The van der Waals surface area contributed by atoms with Crippen molar-refractivity contribution in [3.8, 4) is 5.75 Å². The number of rotatable bonds is 0. The van der Waals surface area contributed by atoms with Gasteiger partial charge in [-0.1, -0.05) is 18.2 Å². The molecule has 0 bridgehead atoms. The SMILES string of the molecule is Oc1ccccc1.[Ta]. The number of para-hydroxylation sites is 1. The summed E-state index contributed by atoms with van der Waals surface area (Å²) < 4.78 is 0. The van der Waals surface area contributed by atoms with Crippen LogP contribution in [0.5, 0.6) is 5.75 Å². The topological polar surface area (TPSA) is 20.2 Å². The van der Waals surface area contributed by atoms with Gasteiger partial charge in [0.25, 0.3) is 0 Å². The third kappa shape index (κ3) is 2.17. The molecule has 0 aliphatic rings. The van der Waals surface area contributed by atoms with Crippen molar-refractivity contribution < 1.29 is 27.5 Å². The zero-order chi connectivity index (χ0) is 5.11. The molecule has 0 unspecified atom stereocenters. The van der Waals surface area contributed by atoms with Crippen LogP contribution in [0.4, 0.5) is 0 Å². The van der Waals surface area contributed by atoms with Crippen LogP contribution in [-0.4, -0.2) is 5.11 Å². The first-order valence-corrected chi connectivity index (χ1v) is 2.13. The van der Waals surface area contributed by atoms with Crippen molar-refractivity contribution in [3.63, 3.8) is 0 Å². The van der Waals surface area contributed by atoms with Gasteiger partial charge in [-0.25, -0.2) is 0 Å². The van der Waals surface area contributed by atoms with Gasteiger partial charge in [0.05, 0.1) is 0 Å². The Labute approximate surface area is 63.9 Å². The fraction of sp³-hybridized carbons (Fsp3) is 0. The summed E-state index contributed by atoms with van der Waals surface area (Å²) in [5.41, 5.74) is 0. The van der Waals surface area contributed by atoms with E-state index in [0.29, 0.717) is 5.75 Å². The van der Waals surface area contributed by atoms with Gasteiger partial charge in [0.15, 0.2) is 0 Å². The van der Waals surface area contributed by atoms with Crippen molar-refractivity contribution in [3.05, 3.63) is 30.3 Å². The molecule has 1 aromatic rings. The van der Waals surface area contributed by atoms with E-state index in [-0.39, 0.29) is 22.4 Å². The van der Waals surface area contributed by atoms with Crippen LogP contribution < -0.4 is 0 Å². The minimum Gasteiger partial charge on any atom is -0.508 e. The average Bonchev–Trinajstić information content (AvgIpc) is 1.69. The maximum absolute atomic E-state index is 8.63. The molecule has 1 rings (SSSR count). The van der Waals surface area contributed by atoms with Gasteiger partial charge < -0.3 is 5.11 Å². The molecule has 1 nitrogen and oxygen atoms in total. The molecule has 0 spiro atoms. The normalized spacial score (nSPS) is 7.50. The summed E-state index contributed by atoms with van der Waals surface area (Å²) in [6, 6.07) is 8.71. The number of phenolic OH excluding ortho intramolecular Hbond substituents is 1. The minimum atomic E-state index is 0. The summed E-state index contributed by atoms with van der Waals surface area (Å²) in [7, 11) is 0. The van der Waals surface area contributed by atoms with E-state index in [9.17, 15) is 0 Å². The Balaban J connectivity index is 0.000000490. The molecular formula is C6H6OTa. The Morgan fingerprint density at radius 1 is 1.00 bits per heavy atom. The first kappa shape index (κ1) is 7.76. The van der Waals surface area contributed by atoms with Crippen molar-refractivity contribution in [2.75, 3.05) is 0 Å². The number of benzene rings is 1. The van der Waals surface area contributed by atoms with Crippen LogP contribution in [0.1, 0.15) is 0 Å². The molecule has 0 atom stereocenters. The molecule has 0 saturated heterocycles. The molecule has 0 amide bonds. The number of aromatic hydroxyl groups is 1. The molecule has 0 saturated carbocycles. The molecule has 2 heteroatoms. The summed E-state index contributed by atoms with van der Waals surface area (Å²) in [5.74, 6) is 0.322. The van der Waals surface area contributed by atoms with Gasteiger partial charge in [0, 0.05) is 22.4 Å². The van der Waals surface area contributed by atoms with Crippen molar-refractivity contribution in [2.45, 2.75) is 0 Å². The van der Waals surface area contributed by atoms with Crippen LogP contribution >= 0.6 is 0 Å². The Kier molecular flexibility index (Phi) is 3.61. The van der Waals surface area contributed by atoms with E-state index in [0.717, 1.165) is 0 Å². The van der Waals surface area contributed by atoms with Crippen LogP contribution in [0, 0.1) is 0 Å². The quantitative estimate of drug-likeness (QED) is 0.758. The third-order valence-electron chi connectivity index (χ3n) is 0.756. The smallest absolute Gasteiger partial charge is 0.115 e. The second-order valence-corrected chi connectivity index (χ2v) is 1.34. The maximum atomic E-state index is 8.63. The van der Waals surface area contributed by atoms with Crippen molar-refractivity contribution in [2.24, 2.45) is 0 Å². The largest absolute Gasteiger partial charge is 0.508 e. The summed E-state index contributed by atoms with van der Waals surface area (Å²) in [5, 5.41) is 8.63. The Morgan fingerprint density at radius 3 is 1.75 bits per heavy atom. The van der Waals surface area contributed by atoms with E-state index in [1.54, 1.807) is 24.3 Å². The first-order chi connectivity index (χ1) is 3.39. The molecule has 0 fully saturated rings. The van der Waals surface area contributed by atoms with Gasteiger partial charge in [0.2, 0.25) is 0 Å². The standard InChI is InChI=1S/C6H6O.Ta/c7-6-4-2-1-3-5-6;/h1-5,7H;. The fourth-order valence-electron chi connectivity index (χ4n) is 0.428. The molecule has 1 radical (unpaired) electrons. The fourth-order valence-corrected chi connectivity index (χ4v) is 0.428. The summed E-state index contributed by atoms with van der Waals surface area (Å²) >= 11 is 0. The molecule has 1 N–H and O–H groups in total. The number of phenols is 1. The minimum absolute atomic E-state index is 0. The average molecular weight is 275 g/mol. The Hall–Kier alpha value is -0.240. The van der Waals surface area contributed by atoms with E-state index in [1.807, 2.05) is 6.07 Å². The molecule has 0 aliphatic carbocycles. The van der Waals surface area contributed by atoms with Crippen LogP contribution in [0.3, 0.4) is 0 Å². The van der Waals surface area contributed by atoms with E-state index < -0.39 is 0 Å². The molecule has 0 heterocycles. The van der Waals surface area contributed by atoms with Gasteiger partial charge in [0.1, 0.15) is 5.75 Å². The summed E-state index contributed by atoms with van der Waals surface area (Å²) in [6.07, 6.45) is 0. The van der Waals surface area contributed by atoms with Gasteiger partial charge in [-0.3, -0.25) is 0 Å². The molecule has 8 heavy (non-hydrogen) atoms. The second kappa shape index (κ2) is 3.72. The zero-order valence-corrected chi connectivity index (χ0v) is 7.49. The molecule has 0 aromatic heterocycles. The summed E-state index contributed by atoms with van der Waals surface area (Å²) in [6.45, 7) is 0. The molecule has 1 aromatic carbocycles. The van der Waals surface area contributed by atoms with Crippen LogP contribution in [0.2, 0.25) is 0 Å². The predicted molar refractivity (Wildman–Crippen MR) is 28.1 cm³/mol. The number of hydrogen-bond acceptors (Lipinski definition) is 1. The summed E-state index contributed by atoms with van der Waals surface area (Å²) in [4.78, 5) is 0. The van der Waals surface area contributed by atoms with E-state index in [4.69, 9.17) is 5.11 Å². The van der Waals surface area contributed by atoms with Gasteiger partial charge >= 0.3 is 0 Å². The van der Waals surface area contributed by atoms with Crippen LogP contribution in [0.25, 0.3) is 0 Å². The monoisotopic (exact) mass is 275 g/mol. The maximum Gasteiger partial charge on any atom is 0.115 e. The predicted octanol–water partition coefficient (Wildman–Crippen LogP) is 1.39. The first-order valence-electron chi connectivity index (χ1n) is 2.13. The van der Waals surface area contributed by atoms with Gasteiger partial charge in [-0.2, -0.15) is 0 Å². The molecule has 41 valence electrons. The van der Waals surface area contributed by atoms with Gasteiger partial charge in [-0.05, 0) is 12.1 Å². The van der Waals surface area contributed by atoms with E-state index >= 15 is 0 Å². The molecular weight excluding hydrogens is 269 g/mol. The molecule has 0 aliphatic heterocycles. The zero-order valence-electron chi connectivity index (χ0n) is 4.28. The van der Waals surface area contributed by atoms with E-state index in [1.165, 1.54) is 0 Å². The van der Waals surface area contributed by atoms with Crippen LogP contribution in [-0.2, 0) is 22.4 Å². The second-order valence-electron chi connectivity index (χ2n) is 1.34. The van der Waals surface area contributed by atoms with Crippen LogP contribution in [0.15, 0.2) is 30.3 Å². The third-order valence-corrected chi connectivity index (χ3v) is 0.756. The van der Waals surface area contributed by atoms with Crippen molar-refractivity contribution in [1.29, 1.82) is 0 Å². The Bertz CT molecular complexity index is 138. The number of hydrogen-bond donors (Lipinski definition) is 1.